The second-order valence-corrected chi connectivity index (χ2v) is 5.39. The van der Waals surface area contributed by atoms with E-state index in [0.717, 1.165) is 23.9 Å². The highest BCUT2D eigenvalue weighted by atomic mass is 35.5. The van der Waals surface area contributed by atoms with Crippen LogP contribution in [0.2, 0.25) is 10.0 Å². The summed E-state index contributed by atoms with van der Waals surface area (Å²) in [6, 6.07) is 3.50. The van der Waals surface area contributed by atoms with Crippen molar-refractivity contribution < 1.29 is 0 Å². The van der Waals surface area contributed by atoms with E-state index in [1.807, 2.05) is 0 Å². The van der Waals surface area contributed by atoms with Crippen molar-refractivity contribution in [2.75, 3.05) is 0 Å². The highest BCUT2D eigenvalue weighted by molar-refractivity contribution is 6.42. The molecule has 1 aromatic heterocycles. The number of hydrogen-bond donors (Lipinski definition) is 1. The van der Waals surface area contributed by atoms with E-state index in [0.29, 0.717) is 16.6 Å². The fraction of sp³-hybridized carbons (Fsp3) is 0.500. The highest BCUT2D eigenvalue weighted by Gasteiger charge is 2.22. The number of nitrogens with two attached hydrogens (primary N) is 1. The normalized spacial score (nSPS) is 12.3. The Morgan fingerprint density at radius 1 is 1.22 bits per heavy atom. The lowest BCUT2D eigenvalue weighted by Crippen LogP contribution is -2.43. The molecule has 0 radical (unpaired) electrons. The third-order valence-electron chi connectivity index (χ3n) is 3.43. The lowest BCUT2D eigenvalue weighted by molar-refractivity contribution is 0.325. The Labute approximate surface area is 116 Å². The minimum atomic E-state index is -0.271. The van der Waals surface area contributed by atoms with E-state index in [4.69, 9.17) is 28.9 Å². The molecule has 2 N–H and O–H groups in total. The molecular weight excluding hydrogens is 271 g/mol. The SMILES string of the molecule is CCC(N)(CC)Cn1nnc2cc(Cl)c(Cl)cc21. The Kier molecular flexibility index (Phi) is 3.80. The van der Waals surface area contributed by atoms with Crippen LogP contribution in [-0.2, 0) is 6.54 Å². The van der Waals surface area contributed by atoms with Gasteiger partial charge in [0.2, 0.25) is 0 Å². The first-order chi connectivity index (χ1) is 8.49. The van der Waals surface area contributed by atoms with E-state index in [2.05, 4.69) is 24.2 Å². The van der Waals surface area contributed by atoms with Gasteiger partial charge in [0, 0.05) is 5.54 Å². The van der Waals surface area contributed by atoms with Crippen LogP contribution in [0.3, 0.4) is 0 Å². The topological polar surface area (TPSA) is 56.7 Å². The molecule has 0 saturated heterocycles. The molecule has 0 aliphatic carbocycles. The summed E-state index contributed by atoms with van der Waals surface area (Å²) in [6.45, 7) is 4.77. The Bertz CT molecular complexity index is 560. The highest BCUT2D eigenvalue weighted by Crippen LogP contribution is 2.27. The molecule has 0 saturated carbocycles. The molecule has 0 aliphatic rings. The zero-order valence-electron chi connectivity index (χ0n) is 10.5. The van der Waals surface area contributed by atoms with Crippen LogP contribution in [0.4, 0.5) is 0 Å². The summed E-state index contributed by atoms with van der Waals surface area (Å²) in [5.41, 5.74) is 7.63. The van der Waals surface area contributed by atoms with E-state index in [1.165, 1.54) is 0 Å². The van der Waals surface area contributed by atoms with Gasteiger partial charge in [-0.1, -0.05) is 42.3 Å². The van der Waals surface area contributed by atoms with Crippen molar-refractivity contribution in [1.82, 2.24) is 15.0 Å². The molecule has 2 aromatic rings. The molecule has 18 heavy (non-hydrogen) atoms. The van der Waals surface area contributed by atoms with Crippen molar-refractivity contribution in [2.45, 2.75) is 38.8 Å². The first-order valence-corrected chi connectivity index (χ1v) is 6.72. The first-order valence-electron chi connectivity index (χ1n) is 5.96. The third-order valence-corrected chi connectivity index (χ3v) is 4.15. The monoisotopic (exact) mass is 286 g/mol. The molecule has 0 bridgehead atoms. The molecule has 4 nitrogen and oxygen atoms in total. The predicted molar refractivity (Wildman–Crippen MR) is 75.0 cm³/mol. The Morgan fingerprint density at radius 2 is 1.83 bits per heavy atom. The van der Waals surface area contributed by atoms with Gasteiger partial charge < -0.3 is 5.73 Å². The maximum Gasteiger partial charge on any atom is 0.114 e. The Balaban J connectivity index is 2.43. The molecule has 0 aliphatic heterocycles. The van der Waals surface area contributed by atoms with Crippen molar-refractivity contribution in [3.63, 3.8) is 0 Å². The van der Waals surface area contributed by atoms with Gasteiger partial charge in [-0.25, -0.2) is 4.68 Å². The summed E-state index contributed by atoms with van der Waals surface area (Å²) in [5, 5.41) is 9.21. The minimum absolute atomic E-state index is 0.271. The Morgan fingerprint density at radius 3 is 2.44 bits per heavy atom. The van der Waals surface area contributed by atoms with E-state index < -0.39 is 0 Å². The zero-order valence-corrected chi connectivity index (χ0v) is 12.0. The van der Waals surface area contributed by atoms with Crippen LogP contribution >= 0.6 is 23.2 Å². The van der Waals surface area contributed by atoms with Gasteiger partial charge in [0.25, 0.3) is 0 Å². The molecule has 98 valence electrons. The average molecular weight is 287 g/mol. The number of hydrogen-bond acceptors (Lipinski definition) is 3. The van der Waals surface area contributed by atoms with Crippen molar-refractivity contribution in [3.8, 4) is 0 Å². The maximum atomic E-state index is 6.30. The summed E-state index contributed by atoms with van der Waals surface area (Å²) in [5.74, 6) is 0. The number of aromatic nitrogens is 3. The summed E-state index contributed by atoms with van der Waals surface area (Å²) in [4.78, 5) is 0. The third kappa shape index (κ3) is 2.46. The molecule has 6 heteroatoms. The maximum absolute atomic E-state index is 6.30. The van der Waals surface area contributed by atoms with Crippen molar-refractivity contribution >= 4 is 34.2 Å². The molecule has 0 atom stereocenters. The van der Waals surface area contributed by atoms with Gasteiger partial charge >= 0.3 is 0 Å². The molecule has 0 spiro atoms. The van der Waals surface area contributed by atoms with Crippen LogP contribution in [0.15, 0.2) is 12.1 Å². The fourth-order valence-corrected chi connectivity index (χ4v) is 2.17. The molecule has 2 rings (SSSR count). The van der Waals surface area contributed by atoms with Gasteiger partial charge in [0.05, 0.1) is 22.1 Å². The van der Waals surface area contributed by atoms with E-state index >= 15 is 0 Å². The number of fused-ring (bicyclic) bond motifs is 1. The lowest BCUT2D eigenvalue weighted by Gasteiger charge is -2.26. The average Bonchev–Trinajstić information content (AvgIpc) is 2.72. The van der Waals surface area contributed by atoms with Gasteiger partial charge in [0.1, 0.15) is 5.52 Å². The first kappa shape index (κ1) is 13.6. The van der Waals surface area contributed by atoms with Gasteiger partial charge in [0.15, 0.2) is 0 Å². The van der Waals surface area contributed by atoms with E-state index in [9.17, 15) is 0 Å². The molecule has 1 aromatic carbocycles. The number of rotatable bonds is 4. The summed E-state index contributed by atoms with van der Waals surface area (Å²) < 4.78 is 1.80. The number of halogens is 2. The van der Waals surface area contributed by atoms with Crippen LogP contribution in [-0.4, -0.2) is 20.5 Å². The number of nitrogens with zero attached hydrogens (tertiary/aromatic N) is 3. The molecule has 0 amide bonds. The van der Waals surface area contributed by atoms with Crippen molar-refractivity contribution in [3.05, 3.63) is 22.2 Å². The lowest BCUT2D eigenvalue weighted by atomic mass is 9.94. The van der Waals surface area contributed by atoms with Crippen LogP contribution in [0.5, 0.6) is 0 Å². The predicted octanol–water partition coefficient (Wildman–Crippen LogP) is 3.26. The zero-order chi connectivity index (χ0) is 13.3. The smallest absolute Gasteiger partial charge is 0.114 e. The van der Waals surface area contributed by atoms with Gasteiger partial charge in [-0.05, 0) is 25.0 Å². The van der Waals surface area contributed by atoms with Gasteiger partial charge in [-0.2, -0.15) is 0 Å². The van der Waals surface area contributed by atoms with Crippen molar-refractivity contribution in [2.24, 2.45) is 5.73 Å². The standard InChI is InChI=1S/C12H16Cl2N4/c1-3-12(15,4-2)7-18-11-6-9(14)8(13)5-10(11)16-17-18/h5-6H,3-4,7,15H2,1-2H3. The summed E-state index contributed by atoms with van der Waals surface area (Å²) in [6.07, 6.45) is 1.76. The van der Waals surface area contributed by atoms with Gasteiger partial charge in [-0.15, -0.1) is 5.10 Å². The largest absolute Gasteiger partial charge is 0.324 e. The Hall–Kier alpha value is -0.840. The van der Waals surface area contributed by atoms with Crippen LogP contribution < -0.4 is 5.73 Å². The quantitative estimate of drug-likeness (QED) is 0.939. The summed E-state index contributed by atoms with van der Waals surface area (Å²) >= 11 is 12.0. The molecule has 0 unspecified atom stereocenters. The second-order valence-electron chi connectivity index (χ2n) is 4.57. The van der Waals surface area contributed by atoms with Crippen LogP contribution in [0.1, 0.15) is 26.7 Å². The van der Waals surface area contributed by atoms with Crippen LogP contribution in [0.25, 0.3) is 11.0 Å². The van der Waals surface area contributed by atoms with Gasteiger partial charge in [-0.3, -0.25) is 0 Å². The van der Waals surface area contributed by atoms with Crippen molar-refractivity contribution in [1.29, 1.82) is 0 Å². The number of benzene rings is 1. The fourth-order valence-electron chi connectivity index (χ4n) is 1.85. The minimum Gasteiger partial charge on any atom is -0.324 e. The molecule has 1 heterocycles. The van der Waals surface area contributed by atoms with E-state index in [-0.39, 0.29) is 5.54 Å². The molecule has 0 fully saturated rings. The van der Waals surface area contributed by atoms with E-state index in [1.54, 1.807) is 16.8 Å². The summed E-state index contributed by atoms with van der Waals surface area (Å²) in [7, 11) is 0. The van der Waals surface area contributed by atoms with Crippen LogP contribution in [0, 0.1) is 0 Å². The molecular formula is C12H16Cl2N4. The second kappa shape index (κ2) is 5.03.